The van der Waals surface area contributed by atoms with Crippen LogP contribution in [0.5, 0.6) is 11.5 Å². The molecule has 0 saturated carbocycles. The maximum atomic E-state index is 8.00. The standard InChI is InChI=1S/C20H18O2.CH2O/c1-3-9-17(10-4-1)15-21-19-13-7-8-14-20(19)22-16-18-11-5-2-6-12-18;1-2/h1-14H,15-16H2;1H2. The molecule has 0 radical (unpaired) electrons. The second-order valence-corrected chi connectivity index (χ2v) is 5.00. The van der Waals surface area contributed by atoms with Gasteiger partial charge >= 0.3 is 0 Å². The van der Waals surface area contributed by atoms with E-state index in [1.807, 2.05) is 91.7 Å². The molecule has 0 aromatic heterocycles. The van der Waals surface area contributed by atoms with E-state index in [0.717, 1.165) is 22.6 Å². The van der Waals surface area contributed by atoms with Gasteiger partial charge in [-0.15, -0.1) is 0 Å². The van der Waals surface area contributed by atoms with Crippen molar-refractivity contribution in [2.75, 3.05) is 0 Å². The third-order valence-corrected chi connectivity index (χ3v) is 3.32. The van der Waals surface area contributed by atoms with E-state index in [1.165, 1.54) is 0 Å². The highest BCUT2D eigenvalue weighted by molar-refractivity contribution is 5.39. The first-order valence-corrected chi connectivity index (χ1v) is 7.63. The van der Waals surface area contributed by atoms with Gasteiger partial charge in [-0.05, 0) is 23.3 Å². The lowest BCUT2D eigenvalue weighted by atomic mass is 10.2. The summed E-state index contributed by atoms with van der Waals surface area (Å²) in [6, 6.07) is 28.0. The van der Waals surface area contributed by atoms with Crippen molar-refractivity contribution in [2.45, 2.75) is 13.2 Å². The van der Waals surface area contributed by atoms with E-state index in [1.54, 1.807) is 0 Å². The van der Waals surface area contributed by atoms with Gasteiger partial charge in [-0.25, -0.2) is 0 Å². The van der Waals surface area contributed by atoms with Crippen molar-refractivity contribution in [1.82, 2.24) is 0 Å². The van der Waals surface area contributed by atoms with Gasteiger partial charge < -0.3 is 14.3 Å². The maximum Gasteiger partial charge on any atom is 0.161 e. The second-order valence-electron chi connectivity index (χ2n) is 5.00. The van der Waals surface area contributed by atoms with Crippen molar-refractivity contribution >= 4 is 6.79 Å². The van der Waals surface area contributed by atoms with Gasteiger partial charge in [-0.1, -0.05) is 72.8 Å². The molecule has 0 fully saturated rings. The van der Waals surface area contributed by atoms with Crippen LogP contribution in [0.2, 0.25) is 0 Å². The molecule has 0 heterocycles. The second kappa shape index (κ2) is 9.85. The van der Waals surface area contributed by atoms with E-state index in [0.29, 0.717) is 13.2 Å². The fourth-order valence-electron chi connectivity index (χ4n) is 2.16. The largest absolute Gasteiger partial charge is 0.485 e. The number of ether oxygens (including phenoxy) is 2. The Morgan fingerprint density at radius 1 is 0.542 bits per heavy atom. The number of carbonyl (C=O) groups excluding carboxylic acids is 1. The summed E-state index contributed by atoms with van der Waals surface area (Å²) in [4.78, 5) is 8.00. The molecule has 0 amide bonds. The average molecular weight is 320 g/mol. The summed E-state index contributed by atoms with van der Waals surface area (Å²) in [5.41, 5.74) is 2.28. The molecule has 0 N–H and O–H groups in total. The molecule has 3 aromatic carbocycles. The van der Waals surface area contributed by atoms with E-state index < -0.39 is 0 Å². The van der Waals surface area contributed by atoms with Crippen molar-refractivity contribution < 1.29 is 14.3 Å². The highest BCUT2D eigenvalue weighted by atomic mass is 16.5. The normalized spacial score (nSPS) is 9.50. The molecule has 3 rings (SSSR count). The van der Waals surface area contributed by atoms with Crippen LogP contribution in [0.3, 0.4) is 0 Å². The highest BCUT2D eigenvalue weighted by Gasteiger charge is 2.05. The van der Waals surface area contributed by atoms with Crippen LogP contribution >= 0.6 is 0 Å². The molecule has 24 heavy (non-hydrogen) atoms. The minimum Gasteiger partial charge on any atom is -0.485 e. The number of hydrogen-bond acceptors (Lipinski definition) is 3. The topological polar surface area (TPSA) is 35.5 Å². The molecule has 0 aliphatic heterocycles. The van der Waals surface area contributed by atoms with E-state index in [9.17, 15) is 0 Å². The maximum absolute atomic E-state index is 8.00. The van der Waals surface area contributed by atoms with E-state index in [-0.39, 0.29) is 0 Å². The zero-order valence-corrected chi connectivity index (χ0v) is 13.4. The van der Waals surface area contributed by atoms with Crippen LogP contribution in [0.4, 0.5) is 0 Å². The van der Waals surface area contributed by atoms with Gasteiger partial charge in [0.15, 0.2) is 11.5 Å². The molecular weight excluding hydrogens is 300 g/mol. The number of carbonyl (C=O) groups is 1. The van der Waals surface area contributed by atoms with Crippen molar-refractivity contribution in [1.29, 1.82) is 0 Å². The lowest BCUT2D eigenvalue weighted by molar-refractivity contribution is -0.0979. The molecule has 3 heteroatoms. The Bertz CT molecular complexity index is 649. The smallest absolute Gasteiger partial charge is 0.161 e. The Balaban J connectivity index is 0.00000100. The lowest BCUT2D eigenvalue weighted by Gasteiger charge is -2.12. The van der Waals surface area contributed by atoms with Gasteiger partial charge in [0.1, 0.15) is 20.0 Å². The predicted octanol–water partition coefficient (Wildman–Crippen LogP) is 4.66. The molecular formula is C21H20O3. The summed E-state index contributed by atoms with van der Waals surface area (Å²) in [6.45, 7) is 3.07. The Morgan fingerprint density at radius 3 is 1.25 bits per heavy atom. The Hall–Kier alpha value is -3.07. The van der Waals surface area contributed by atoms with Crippen LogP contribution in [0, 0.1) is 0 Å². The predicted molar refractivity (Wildman–Crippen MR) is 95.1 cm³/mol. The van der Waals surface area contributed by atoms with Crippen molar-refractivity contribution in [2.24, 2.45) is 0 Å². The van der Waals surface area contributed by atoms with Crippen LogP contribution in [0.25, 0.3) is 0 Å². The number of benzene rings is 3. The summed E-state index contributed by atoms with van der Waals surface area (Å²) < 4.78 is 11.8. The minimum atomic E-state index is 0.534. The summed E-state index contributed by atoms with van der Waals surface area (Å²) in [6.07, 6.45) is 0. The number of para-hydroxylation sites is 2. The molecule has 0 bridgehead atoms. The van der Waals surface area contributed by atoms with Crippen LogP contribution in [-0.4, -0.2) is 6.79 Å². The first kappa shape index (κ1) is 17.3. The van der Waals surface area contributed by atoms with Crippen molar-refractivity contribution in [3.05, 3.63) is 96.1 Å². The highest BCUT2D eigenvalue weighted by Crippen LogP contribution is 2.28. The third-order valence-electron chi connectivity index (χ3n) is 3.32. The monoisotopic (exact) mass is 320 g/mol. The van der Waals surface area contributed by atoms with Gasteiger partial charge in [0.2, 0.25) is 0 Å². The van der Waals surface area contributed by atoms with Gasteiger partial charge in [0.05, 0.1) is 0 Å². The molecule has 0 aliphatic carbocycles. The summed E-state index contributed by atoms with van der Waals surface area (Å²) in [5, 5.41) is 0. The summed E-state index contributed by atoms with van der Waals surface area (Å²) in [5.74, 6) is 1.53. The fraction of sp³-hybridized carbons (Fsp3) is 0.0952. The Morgan fingerprint density at radius 2 is 0.875 bits per heavy atom. The van der Waals surface area contributed by atoms with Gasteiger partial charge in [0, 0.05) is 0 Å². The average Bonchev–Trinajstić information content (AvgIpc) is 2.68. The third kappa shape index (κ3) is 5.29. The zero-order chi connectivity index (χ0) is 17.0. The van der Waals surface area contributed by atoms with Crippen molar-refractivity contribution in [3.8, 4) is 11.5 Å². The quantitative estimate of drug-likeness (QED) is 0.662. The zero-order valence-electron chi connectivity index (χ0n) is 13.4. The molecule has 0 aliphatic rings. The van der Waals surface area contributed by atoms with E-state index in [2.05, 4.69) is 0 Å². The molecule has 122 valence electrons. The molecule has 0 saturated heterocycles. The SMILES string of the molecule is C=O.c1ccc(COc2ccccc2OCc2ccccc2)cc1. The Labute approximate surface area is 142 Å². The van der Waals surface area contributed by atoms with Crippen LogP contribution < -0.4 is 9.47 Å². The number of rotatable bonds is 6. The number of hydrogen-bond donors (Lipinski definition) is 0. The minimum absolute atomic E-state index is 0.534. The van der Waals surface area contributed by atoms with E-state index in [4.69, 9.17) is 14.3 Å². The van der Waals surface area contributed by atoms with Crippen molar-refractivity contribution in [3.63, 3.8) is 0 Å². The Kier molecular flexibility index (Phi) is 7.09. The van der Waals surface area contributed by atoms with Crippen LogP contribution in [0.1, 0.15) is 11.1 Å². The van der Waals surface area contributed by atoms with Crippen LogP contribution in [-0.2, 0) is 18.0 Å². The molecule has 0 spiro atoms. The molecule has 3 nitrogen and oxygen atoms in total. The van der Waals surface area contributed by atoms with Crippen LogP contribution in [0.15, 0.2) is 84.9 Å². The molecule has 0 unspecified atom stereocenters. The lowest BCUT2D eigenvalue weighted by Crippen LogP contribution is -2.00. The first-order chi connectivity index (χ1) is 11.9. The van der Waals surface area contributed by atoms with E-state index >= 15 is 0 Å². The molecule has 3 aromatic rings. The fourth-order valence-corrected chi connectivity index (χ4v) is 2.16. The summed E-state index contributed by atoms with van der Waals surface area (Å²) >= 11 is 0. The summed E-state index contributed by atoms with van der Waals surface area (Å²) in [7, 11) is 0. The first-order valence-electron chi connectivity index (χ1n) is 7.63. The van der Waals surface area contributed by atoms with Gasteiger partial charge in [-0.2, -0.15) is 0 Å². The van der Waals surface area contributed by atoms with Gasteiger partial charge in [0.25, 0.3) is 0 Å². The van der Waals surface area contributed by atoms with Gasteiger partial charge in [-0.3, -0.25) is 0 Å². The molecule has 0 atom stereocenters.